The molecule has 6 heteroatoms. The SMILES string of the molecule is NC(CCC(=O)O)c1c(Br)ccc(O)c1O. The Kier molecular flexibility index (Phi) is 4.14. The summed E-state index contributed by atoms with van der Waals surface area (Å²) in [6, 6.07) is 2.23. The normalized spacial score (nSPS) is 12.4. The molecule has 1 aromatic carbocycles. The molecule has 1 aromatic rings. The van der Waals surface area contributed by atoms with Gasteiger partial charge in [-0.3, -0.25) is 4.79 Å². The zero-order valence-corrected chi connectivity index (χ0v) is 9.94. The number of aliphatic carboxylic acids is 1. The van der Waals surface area contributed by atoms with Gasteiger partial charge in [0.25, 0.3) is 0 Å². The lowest BCUT2D eigenvalue weighted by Crippen LogP contribution is -2.13. The maximum Gasteiger partial charge on any atom is 0.303 e. The minimum Gasteiger partial charge on any atom is -0.504 e. The second-order valence-electron chi connectivity index (χ2n) is 3.37. The summed E-state index contributed by atoms with van der Waals surface area (Å²) in [5, 5.41) is 27.4. The van der Waals surface area contributed by atoms with Gasteiger partial charge in [0.1, 0.15) is 0 Å². The lowest BCUT2D eigenvalue weighted by molar-refractivity contribution is -0.137. The summed E-state index contributed by atoms with van der Waals surface area (Å²) >= 11 is 3.19. The summed E-state index contributed by atoms with van der Waals surface area (Å²) in [6.45, 7) is 0. The van der Waals surface area contributed by atoms with Crippen molar-refractivity contribution in [1.82, 2.24) is 0 Å². The summed E-state index contributed by atoms with van der Waals surface area (Å²) in [5.74, 6) is -1.54. The van der Waals surface area contributed by atoms with Gasteiger partial charge in [0.05, 0.1) is 0 Å². The molecule has 5 nitrogen and oxygen atoms in total. The van der Waals surface area contributed by atoms with Crippen LogP contribution in [0.4, 0.5) is 0 Å². The van der Waals surface area contributed by atoms with Crippen molar-refractivity contribution in [2.75, 3.05) is 0 Å². The molecular weight excluding hydrogens is 278 g/mol. The Balaban J connectivity index is 2.94. The molecule has 0 saturated heterocycles. The van der Waals surface area contributed by atoms with Gasteiger partial charge in [-0.2, -0.15) is 0 Å². The predicted molar refractivity (Wildman–Crippen MR) is 61.3 cm³/mol. The van der Waals surface area contributed by atoms with E-state index >= 15 is 0 Å². The van der Waals surface area contributed by atoms with Crippen molar-refractivity contribution < 1.29 is 20.1 Å². The molecule has 1 unspecified atom stereocenters. The molecule has 0 heterocycles. The van der Waals surface area contributed by atoms with Gasteiger partial charge in [0.2, 0.25) is 0 Å². The number of carbonyl (C=O) groups is 1. The van der Waals surface area contributed by atoms with Gasteiger partial charge in [0, 0.05) is 22.5 Å². The first-order valence-electron chi connectivity index (χ1n) is 4.61. The van der Waals surface area contributed by atoms with E-state index in [4.69, 9.17) is 10.8 Å². The van der Waals surface area contributed by atoms with E-state index in [1.165, 1.54) is 6.07 Å². The number of carboxylic acids is 1. The van der Waals surface area contributed by atoms with E-state index in [-0.39, 0.29) is 24.3 Å². The van der Waals surface area contributed by atoms with Crippen LogP contribution in [0.25, 0.3) is 0 Å². The largest absolute Gasteiger partial charge is 0.504 e. The Bertz CT molecular complexity index is 408. The number of phenolic OH excluding ortho intramolecular Hbond substituents is 2. The fraction of sp³-hybridized carbons (Fsp3) is 0.300. The van der Waals surface area contributed by atoms with Crippen LogP contribution in [0, 0.1) is 0 Å². The smallest absolute Gasteiger partial charge is 0.303 e. The third kappa shape index (κ3) is 2.86. The Morgan fingerprint density at radius 1 is 1.44 bits per heavy atom. The molecule has 0 fully saturated rings. The molecule has 0 aliphatic carbocycles. The lowest BCUT2D eigenvalue weighted by atomic mass is 10.0. The minimum atomic E-state index is -0.953. The van der Waals surface area contributed by atoms with E-state index in [1.54, 1.807) is 6.07 Å². The minimum absolute atomic E-state index is 0.0945. The van der Waals surface area contributed by atoms with Crippen LogP contribution in [0.2, 0.25) is 0 Å². The molecule has 5 N–H and O–H groups in total. The Morgan fingerprint density at radius 2 is 2.06 bits per heavy atom. The Hall–Kier alpha value is -1.27. The first-order chi connectivity index (χ1) is 7.43. The number of nitrogens with two attached hydrogens (primary N) is 1. The van der Waals surface area contributed by atoms with E-state index in [0.29, 0.717) is 10.0 Å². The molecular formula is C10H12BrNO4. The third-order valence-electron chi connectivity index (χ3n) is 2.18. The average Bonchev–Trinajstić information content (AvgIpc) is 2.21. The first kappa shape index (κ1) is 12.8. The van der Waals surface area contributed by atoms with Crippen LogP contribution < -0.4 is 5.73 Å². The monoisotopic (exact) mass is 289 g/mol. The number of phenols is 2. The van der Waals surface area contributed by atoms with Crippen molar-refractivity contribution in [2.24, 2.45) is 5.73 Å². The van der Waals surface area contributed by atoms with Crippen molar-refractivity contribution in [3.05, 3.63) is 22.2 Å². The molecule has 1 rings (SSSR count). The highest BCUT2D eigenvalue weighted by Gasteiger charge is 2.18. The molecule has 0 bridgehead atoms. The molecule has 0 aliphatic rings. The van der Waals surface area contributed by atoms with E-state index in [0.717, 1.165) is 0 Å². The van der Waals surface area contributed by atoms with E-state index in [2.05, 4.69) is 15.9 Å². The highest BCUT2D eigenvalue weighted by molar-refractivity contribution is 9.10. The summed E-state index contributed by atoms with van der Waals surface area (Å²) in [6.07, 6.45) is 0.0909. The van der Waals surface area contributed by atoms with Crippen molar-refractivity contribution in [3.8, 4) is 11.5 Å². The second-order valence-corrected chi connectivity index (χ2v) is 4.22. The Morgan fingerprint density at radius 3 is 2.62 bits per heavy atom. The molecule has 0 saturated carbocycles. The Labute approximate surface area is 101 Å². The summed E-state index contributed by atoms with van der Waals surface area (Å²) < 4.78 is 0.542. The van der Waals surface area contributed by atoms with Crippen molar-refractivity contribution >= 4 is 21.9 Å². The zero-order valence-electron chi connectivity index (χ0n) is 8.35. The summed E-state index contributed by atoms with van der Waals surface area (Å²) in [5.41, 5.74) is 6.07. The van der Waals surface area contributed by atoms with Crippen molar-refractivity contribution in [1.29, 1.82) is 0 Å². The molecule has 0 aliphatic heterocycles. The van der Waals surface area contributed by atoms with Gasteiger partial charge in [-0.15, -0.1) is 0 Å². The van der Waals surface area contributed by atoms with Gasteiger partial charge in [-0.05, 0) is 18.6 Å². The van der Waals surface area contributed by atoms with Crippen molar-refractivity contribution in [3.63, 3.8) is 0 Å². The van der Waals surface area contributed by atoms with Gasteiger partial charge in [-0.25, -0.2) is 0 Å². The first-order valence-corrected chi connectivity index (χ1v) is 5.40. The molecule has 0 spiro atoms. The molecule has 0 aromatic heterocycles. The lowest BCUT2D eigenvalue weighted by Gasteiger charge is -2.15. The fourth-order valence-electron chi connectivity index (χ4n) is 1.35. The molecule has 0 amide bonds. The van der Waals surface area contributed by atoms with E-state index < -0.39 is 12.0 Å². The number of carboxylic acid groups (broad SMARTS) is 1. The standard InChI is InChI=1S/C10H12BrNO4/c11-5-1-3-7(13)10(16)9(5)6(12)2-4-8(14)15/h1,3,6,13,16H,2,4,12H2,(H,14,15). The zero-order chi connectivity index (χ0) is 12.3. The highest BCUT2D eigenvalue weighted by Crippen LogP contribution is 2.38. The quantitative estimate of drug-likeness (QED) is 0.632. The highest BCUT2D eigenvalue weighted by atomic mass is 79.9. The number of halogens is 1. The van der Waals surface area contributed by atoms with Gasteiger partial charge >= 0.3 is 5.97 Å². The van der Waals surface area contributed by atoms with E-state index in [1.807, 2.05) is 0 Å². The van der Waals surface area contributed by atoms with Crippen molar-refractivity contribution in [2.45, 2.75) is 18.9 Å². The van der Waals surface area contributed by atoms with Crippen LogP contribution >= 0.6 is 15.9 Å². The maximum atomic E-state index is 10.4. The van der Waals surface area contributed by atoms with Crippen LogP contribution in [0.15, 0.2) is 16.6 Å². The average molecular weight is 290 g/mol. The number of hydrogen-bond donors (Lipinski definition) is 4. The maximum absolute atomic E-state index is 10.4. The van der Waals surface area contributed by atoms with Gasteiger partial charge in [0.15, 0.2) is 11.5 Å². The predicted octanol–water partition coefficient (Wildman–Crippen LogP) is 1.72. The van der Waals surface area contributed by atoms with Crippen LogP contribution in [0.3, 0.4) is 0 Å². The van der Waals surface area contributed by atoms with Crippen LogP contribution in [0.5, 0.6) is 11.5 Å². The summed E-state index contributed by atoms with van der Waals surface area (Å²) in [7, 11) is 0. The molecule has 1 atom stereocenters. The topological polar surface area (TPSA) is 104 Å². The molecule has 16 heavy (non-hydrogen) atoms. The number of aromatic hydroxyl groups is 2. The fourth-order valence-corrected chi connectivity index (χ4v) is 1.96. The van der Waals surface area contributed by atoms with E-state index in [9.17, 15) is 15.0 Å². The van der Waals surface area contributed by atoms with Crippen LogP contribution in [-0.4, -0.2) is 21.3 Å². The summed E-state index contributed by atoms with van der Waals surface area (Å²) in [4.78, 5) is 10.4. The number of benzene rings is 1. The van der Waals surface area contributed by atoms with Crippen LogP contribution in [-0.2, 0) is 4.79 Å². The van der Waals surface area contributed by atoms with Crippen LogP contribution in [0.1, 0.15) is 24.4 Å². The second kappa shape index (κ2) is 5.18. The van der Waals surface area contributed by atoms with Gasteiger partial charge < -0.3 is 21.1 Å². The van der Waals surface area contributed by atoms with Gasteiger partial charge in [-0.1, -0.05) is 15.9 Å². The third-order valence-corrected chi connectivity index (χ3v) is 2.87. The number of hydrogen-bond acceptors (Lipinski definition) is 4. The molecule has 88 valence electrons. The number of rotatable bonds is 4. The molecule has 0 radical (unpaired) electrons.